The molecule has 11 heavy (non-hydrogen) atoms. The molecular formula is C7H11N3O. The van der Waals surface area contributed by atoms with Crippen LogP contribution in [0.5, 0.6) is 0 Å². The van der Waals surface area contributed by atoms with Gasteiger partial charge in [-0.2, -0.15) is 0 Å². The van der Waals surface area contributed by atoms with E-state index in [1.807, 2.05) is 0 Å². The molecule has 3 N–H and O–H groups in total. The predicted octanol–water partition coefficient (Wildman–Crippen LogP) is -0.0160. The summed E-state index contributed by atoms with van der Waals surface area (Å²) in [7, 11) is 0. The molecule has 1 aromatic rings. The summed E-state index contributed by atoms with van der Waals surface area (Å²) >= 11 is 0. The fourth-order valence-corrected chi connectivity index (χ4v) is 1.31. The highest BCUT2D eigenvalue weighted by atomic mass is 16.5. The van der Waals surface area contributed by atoms with Gasteiger partial charge in [-0.25, -0.2) is 4.98 Å². The minimum atomic E-state index is -0.372. The molecule has 4 nitrogen and oxygen atoms in total. The molecule has 1 fully saturated rings. The van der Waals surface area contributed by atoms with Crippen LogP contribution in [0.1, 0.15) is 12.2 Å². The highest BCUT2D eigenvalue weighted by molar-refractivity contribution is 5.07. The van der Waals surface area contributed by atoms with Gasteiger partial charge in [0.05, 0.1) is 6.61 Å². The maximum Gasteiger partial charge on any atom is 0.128 e. The summed E-state index contributed by atoms with van der Waals surface area (Å²) in [6.45, 7) is 1.30. The second kappa shape index (κ2) is 2.32. The number of hydrogen-bond donors (Lipinski definition) is 2. The van der Waals surface area contributed by atoms with Crippen LogP contribution in [0, 0.1) is 0 Å². The first-order chi connectivity index (χ1) is 5.31. The van der Waals surface area contributed by atoms with Gasteiger partial charge >= 0.3 is 0 Å². The van der Waals surface area contributed by atoms with Gasteiger partial charge in [-0.05, 0) is 6.42 Å². The second-order valence-corrected chi connectivity index (χ2v) is 2.90. The van der Waals surface area contributed by atoms with Gasteiger partial charge in [0.15, 0.2) is 0 Å². The molecule has 0 spiro atoms. The molecule has 0 aromatic carbocycles. The van der Waals surface area contributed by atoms with E-state index in [9.17, 15) is 0 Å². The Morgan fingerprint density at radius 2 is 2.64 bits per heavy atom. The van der Waals surface area contributed by atoms with Crippen molar-refractivity contribution in [3.05, 3.63) is 18.2 Å². The van der Waals surface area contributed by atoms with E-state index >= 15 is 0 Å². The Morgan fingerprint density at radius 3 is 3.18 bits per heavy atom. The average molecular weight is 153 g/mol. The number of aromatic nitrogens is 2. The molecule has 4 heteroatoms. The number of nitrogens with one attached hydrogen (secondary N) is 1. The van der Waals surface area contributed by atoms with Crippen molar-refractivity contribution in [3.63, 3.8) is 0 Å². The van der Waals surface area contributed by atoms with Gasteiger partial charge in [0, 0.05) is 19.0 Å². The van der Waals surface area contributed by atoms with Gasteiger partial charge in [-0.15, -0.1) is 0 Å². The van der Waals surface area contributed by atoms with Gasteiger partial charge in [0.25, 0.3) is 0 Å². The van der Waals surface area contributed by atoms with Crippen molar-refractivity contribution in [1.29, 1.82) is 0 Å². The normalized spacial score (nSPS) is 31.0. The van der Waals surface area contributed by atoms with Crippen LogP contribution >= 0.6 is 0 Å². The largest absolute Gasteiger partial charge is 0.379 e. The molecule has 1 saturated heterocycles. The number of rotatable bonds is 1. The standard InChI is InChI=1S/C7H11N3O/c8-7(1-4-11-5-7)6-9-2-3-10-6/h2-3H,1,4-5,8H2,(H,9,10)/t7-/m1/s1. The zero-order valence-corrected chi connectivity index (χ0v) is 6.21. The molecule has 1 aliphatic rings. The van der Waals surface area contributed by atoms with Crippen molar-refractivity contribution in [2.24, 2.45) is 5.73 Å². The number of hydrogen-bond acceptors (Lipinski definition) is 3. The molecule has 2 rings (SSSR count). The summed E-state index contributed by atoms with van der Waals surface area (Å²) in [6, 6.07) is 0. The third-order valence-corrected chi connectivity index (χ3v) is 2.02. The summed E-state index contributed by atoms with van der Waals surface area (Å²) in [5, 5.41) is 0. The van der Waals surface area contributed by atoms with Gasteiger partial charge in [-0.3, -0.25) is 0 Å². The number of aromatic amines is 1. The summed E-state index contributed by atoms with van der Waals surface area (Å²) < 4.78 is 5.20. The first-order valence-corrected chi connectivity index (χ1v) is 3.68. The van der Waals surface area contributed by atoms with E-state index in [1.54, 1.807) is 12.4 Å². The molecule has 0 bridgehead atoms. The van der Waals surface area contributed by atoms with Gasteiger partial charge < -0.3 is 15.5 Å². The topological polar surface area (TPSA) is 63.9 Å². The van der Waals surface area contributed by atoms with Crippen LogP contribution in [0.4, 0.5) is 0 Å². The van der Waals surface area contributed by atoms with Crippen molar-refractivity contribution in [1.82, 2.24) is 9.97 Å². The Kier molecular flexibility index (Phi) is 1.44. The highest BCUT2D eigenvalue weighted by Crippen LogP contribution is 2.23. The van der Waals surface area contributed by atoms with Crippen molar-refractivity contribution in [2.75, 3.05) is 13.2 Å². The number of nitrogens with two attached hydrogens (primary N) is 1. The minimum Gasteiger partial charge on any atom is -0.379 e. The second-order valence-electron chi connectivity index (χ2n) is 2.90. The zero-order valence-electron chi connectivity index (χ0n) is 6.21. The fraction of sp³-hybridized carbons (Fsp3) is 0.571. The number of H-pyrrole nitrogens is 1. The molecule has 60 valence electrons. The molecule has 1 aliphatic heterocycles. The molecule has 0 amide bonds. The van der Waals surface area contributed by atoms with E-state index in [-0.39, 0.29) is 5.54 Å². The number of nitrogens with zero attached hydrogens (tertiary/aromatic N) is 1. The van der Waals surface area contributed by atoms with Crippen LogP contribution in [0.15, 0.2) is 12.4 Å². The van der Waals surface area contributed by atoms with E-state index in [0.29, 0.717) is 6.61 Å². The SMILES string of the molecule is N[C@]1(c2ncc[nH]2)CCOC1. The van der Waals surface area contributed by atoms with Crippen molar-refractivity contribution in [2.45, 2.75) is 12.0 Å². The molecule has 0 radical (unpaired) electrons. The van der Waals surface area contributed by atoms with Crippen LogP contribution in [0.25, 0.3) is 0 Å². The summed E-state index contributed by atoms with van der Waals surface area (Å²) in [6.07, 6.45) is 4.34. The molecule has 0 unspecified atom stereocenters. The van der Waals surface area contributed by atoms with Crippen molar-refractivity contribution >= 4 is 0 Å². The zero-order chi connectivity index (χ0) is 7.73. The molecule has 2 heterocycles. The quantitative estimate of drug-likeness (QED) is 0.596. The first-order valence-electron chi connectivity index (χ1n) is 3.68. The van der Waals surface area contributed by atoms with Crippen LogP contribution in [0.2, 0.25) is 0 Å². The molecule has 1 atom stereocenters. The van der Waals surface area contributed by atoms with Gasteiger partial charge in [0.2, 0.25) is 0 Å². The number of imidazole rings is 1. The maximum atomic E-state index is 6.01. The minimum absolute atomic E-state index is 0.372. The lowest BCUT2D eigenvalue weighted by Crippen LogP contribution is -2.38. The Bertz CT molecular complexity index is 226. The first kappa shape index (κ1) is 6.82. The third-order valence-electron chi connectivity index (χ3n) is 2.02. The lowest BCUT2D eigenvalue weighted by molar-refractivity contribution is 0.176. The summed E-state index contributed by atoms with van der Waals surface area (Å²) in [4.78, 5) is 7.11. The Morgan fingerprint density at radius 1 is 1.73 bits per heavy atom. The van der Waals surface area contributed by atoms with Crippen LogP contribution in [0.3, 0.4) is 0 Å². The van der Waals surface area contributed by atoms with E-state index in [4.69, 9.17) is 10.5 Å². The third kappa shape index (κ3) is 1.04. The van der Waals surface area contributed by atoms with Crippen molar-refractivity contribution in [3.8, 4) is 0 Å². The smallest absolute Gasteiger partial charge is 0.128 e. The monoisotopic (exact) mass is 153 g/mol. The van der Waals surface area contributed by atoms with E-state index < -0.39 is 0 Å². The fourth-order valence-electron chi connectivity index (χ4n) is 1.31. The van der Waals surface area contributed by atoms with Crippen LogP contribution in [-0.2, 0) is 10.3 Å². The molecule has 1 aromatic heterocycles. The van der Waals surface area contributed by atoms with Crippen molar-refractivity contribution < 1.29 is 4.74 Å². The molecule has 0 aliphatic carbocycles. The molecule has 0 saturated carbocycles. The number of ether oxygens (including phenoxy) is 1. The Labute approximate surface area is 64.8 Å². The lowest BCUT2D eigenvalue weighted by Gasteiger charge is -2.17. The van der Waals surface area contributed by atoms with Gasteiger partial charge in [-0.1, -0.05) is 0 Å². The van der Waals surface area contributed by atoms with E-state index in [2.05, 4.69) is 9.97 Å². The maximum absolute atomic E-state index is 6.01. The highest BCUT2D eigenvalue weighted by Gasteiger charge is 2.34. The van der Waals surface area contributed by atoms with Crippen LogP contribution in [-0.4, -0.2) is 23.2 Å². The van der Waals surface area contributed by atoms with E-state index in [0.717, 1.165) is 18.9 Å². The lowest BCUT2D eigenvalue weighted by atomic mass is 10.00. The Hall–Kier alpha value is -0.870. The Balaban J connectivity index is 2.27. The average Bonchev–Trinajstić information content (AvgIpc) is 2.55. The van der Waals surface area contributed by atoms with Crippen LogP contribution < -0.4 is 5.73 Å². The summed E-state index contributed by atoms with van der Waals surface area (Å²) in [5.41, 5.74) is 5.63. The molecular weight excluding hydrogens is 142 g/mol. The van der Waals surface area contributed by atoms with E-state index in [1.165, 1.54) is 0 Å². The summed E-state index contributed by atoms with van der Waals surface area (Å²) in [5.74, 6) is 0.829. The predicted molar refractivity (Wildman–Crippen MR) is 39.9 cm³/mol. The van der Waals surface area contributed by atoms with Gasteiger partial charge in [0.1, 0.15) is 11.4 Å².